The minimum atomic E-state index is -3.96. The molecule has 0 fully saturated rings. The van der Waals surface area contributed by atoms with Gasteiger partial charge in [0.05, 0.1) is 22.8 Å². The summed E-state index contributed by atoms with van der Waals surface area (Å²) in [5, 5.41) is 7.81. The zero-order valence-electron chi connectivity index (χ0n) is 25.2. The molecule has 1 N–H and O–H groups in total. The summed E-state index contributed by atoms with van der Waals surface area (Å²) in [4.78, 5) is 13.8. The number of methoxy groups -OCH3 is 1. The Morgan fingerprint density at radius 2 is 1.60 bits per heavy atom. The largest absolute Gasteiger partial charge is 0.385 e. The molecule has 9 heteroatoms. The van der Waals surface area contributed by atoms with Crippen LogP contribution in [0.25, 0.3) is 16.8 Å². The van der Waals surface area contributed by atoms with Gasteiger partial charge in [0.2, 0.25) is 15.9 Å². The monoisotopic (exact) mass is 588 g/mol. The summed E-state index contributed by atoms with van der Waals surface area (Å²) >= 11 is 0. The second kappa shape index (κ2) is 13.0. The van der Waals surface area contributed by atoms with E-state index in [4.69, 9.17) is 9.84 Å². The number of aryl methyl sites for hydroxylation is 2. The fraction of sp³-hybridized carbons (Fsp3) is 0.333. The fourth-order valence-corrected chi connectivity index (χ4v) is 6.28. The number of rotatable bonds is 11. The SMILES string of the molecule is COCCCN(CC(=O)Nc1c(-c2ccccc2)c(C)nn1-c1ccccc1C)S(=O)(=O)c1ccc(C(C)(C)C)cc1. The number of amides is 1. The van der Waals surface area contributed by atoms with E-state index in [1.807, 2.05) is 80.6 Å². The minimum Gasteiger partial charge on any atom is -0.385 e. The molecule has 4 aromatic rings. The Morgan fingerprint density at radius 3 is 2.21 bits per heavy atom. The molecular formula is C33H40N4O4S. The molecule has 0 aliphatic rings. The summed E-state index contributed by atoms with van der Waals surface area (Å²) in [6.45, 7) is 10.2. The van der Waals surface area contributed by atoms with E-state index in [0.717, 1.165) is 33.6 Å². The molecular weight excluding hydrogens is 548 g/mol. The number of hydrogen-bond donors (Lipinski definition) is 1. The molecule has 0 atom stereocenters. The molecule has 222 valence electrons. The van der Waals surface area contributed by atoms with Gasteiger partial charge in [0.15, 0.2) is 0 Å². The minimum absolute atomic E-state index is 0.116. The summed E-state index contributed by atoms with van der Waals surface area (Å²) in [6, 6.07) is 24.4. The average Bonchev–Trinajstić information content (AvgIpc) is 3.27. The highest BCUT2D eigenvalue weighted by Gasteiger charge is 2.29. The molecule has 0 radical (unpaired) electrons. The highest BCUT2D eigenvalue weighted by atomic mass is 32.2. The third kappa shape index (κ3) is 6.98. The van der Waals surface area contributed by atoms with Crippen LogP contribution in [-0.2, 0) is 25.0 Å². The Balaban J connectivity index is 1.70. The van der Waals surface area contributed by atoms with Crippen LogP contribution in [0.3, 0.4) is 0 Å². The standard InChI is InChI=1S/C33H40N4O4S/c1-24-13-10-11-16-29(24)37-32(31(25(2)35-37)26-14-8-7-9-15-26)34-30(38)23-36(21-12-22-41-6)42(39,40)28-19-17-27(18-20-28)33(3,4)5/h7-11,13-20H,12,21-23H2,1-6H3,(H,34,38). The Bertz CT molecular complexity index is 1620. The molecule has 42 heavy (non-hydrogen) atoms. The van der Waals surface area contributed by atoms with E-state index < -0.39 is 15.9 Å². The van der Waals surface area contributed by atoms with Crippen LogP contribution < -0.4 is 5.32 Å². The fourth-order valence-electron chi connectivity index (χ4n) is 4.85. The van der Waals surface area contributed by atoms with Crippen molar-refractivity contribution in [3.05, 3.63) is 95.7 Å². The maximum atomic E-state index is 13.8. The van der Waals surface area contributed by atoms with E-state index in [2.05, 4.69) is 26.1 Å². The number of hydrogen-bond acceptors (Lipinski definition) is 5. The van der Waals surface area contributed by atoms with E-state index in [9.17, 15) is 13.2 Å². The van der Waals surface area contributed by atoms with Crippen molar-refractivity contribution in [3.63, 3.8) is 0 Å². The van der Waals surface area contributed by atoms with Crippen LogP contribution in [0.2, 0.25) is 0 Å². The van der Waals surface area contributed by atoms with Gasteiger partial charge in [-0.1, -0.05) is 81.4 Å². The number of carbonyl (C=O) groups excluding carboxylic acids is 1. The Labute approximate surface area is 249 Å². The molecule has 8 nitrogen and oxygen atoms in total. The molecule has 0 spiro atoms. The van der Waals surface area contributed by atoms with E-state index in [1.165, 1.54) is 4.31 Å². The van der Waals surface area contributed by atoms with Crippen molar-refractivity contribution in [2.45, 2.75) is 51.3 Å². The number of nitrogens with one attached hydrogen (secondary N) is 1. The number of para-hydroxylation sites is 1. The summed E-state index contributed by atoms with van der Waals surface area (Å²) in [7, 11) is -2.40. The molecule has 0 aliphatic heterocycles. The lowest BCUT2D eigenvalue weighted by atomic mass is 9.87. The third-order valence-electron chi connectivity index (χ3n) is 7.16. The third-order valence-corrected chi connectivity index (χ3v) is 9.02. The maximum Gasteiger partial charge on any atom is 0.243 e. The summed E-state index contributed by atoms with van der Waals surface area (Å²) in [5.41, 5.74) is 5.13. The molecule has 0 saturated carbocycles. The van der Waals surface area contributed by atoms with E-state index in [1.54, 1.807) is 23.9 Å². The van der Waals surface area contributed by atoms with Crippen LogP contribution in [0.5, 0.6) is 0 Å². The van der Waals surface area contributed by atoms with Gasteiger partial charge in [0.25, 0.3) is 0 Å². The molecule has 0 unspecified atom stereocenters. The second-order valence-electron chi connectivity index (χ2n) is 11.4. The highest BCUT2D eigenvalue weighted by Crippen LogP contribution is 2.34. The second-order valence-corrected chi connectivity index (χ2v) is 13.3. The first-order chi connectivity index (χ1) is 19.9. The lowest BCUT2D eigenvalue weighted by Crippen LogP contribution is -2.39. The van der Waals surface area contributed by atoms with Gasteiger partial charge in [-0.25, -0.2) is 13.1 Å². The summed E-state index contributed by atoms with van der Waals surface area (Å²) in [5.74, 6) is 0.0241. The van der Waals surface area contributed by atoms with Crippen LogP contribution in [-0.4, -0.2) is 55.2 Å². The van der Waals surface area contributed by atoms with Crippen LogP contribution in [0.4, 0.5) is 5.82 Å². The Kier molecular flexibility index (Phi) is 9.66. The highest BCUT2D eigenvalue weighted by molar-refractivity contribution is 7.89. The summed E-state index contributed by atoms with van der Waals surface area (Å²) in [6.07, 6.45) is 0.443. The van der Waals surface area contributed by atoms with Gasteiger partial charge in [0.1, 0.15) is 5.82 Å². The van der Waals surface area contributed by atoms with Gasteiger partial charge in [-0.15, -0.1) is 0 Å². The first-order valence-electron chi connectivity index (χ1n) is 14.0. The Hall–Kier alpha value is -3.79. The number of ether oxygens (including phenoxy) is 1. The number of carbonyl (C=O) groups is 1. The molecule has 0 saturated heterocycles. The first-order valence-corrected chi connectivity index (χ1v) is 15.5. The van der Waals surface area contributed by atoms with Crippen LogP contribution in [0.1, 0.15) is 44.0 Å². The number of nitrogens with zero attached hydrogens (tertiary/aromatic N) is 3. The van der Waals surface area contributed by atoms with E-state index >= 15 is 0 Å². The maximum absolute atomic E-state index is 13.8. The van der Waals surface area contributed by atoms with Gasteiger partial charge in [-0.3, -0.25) is 4.79 Å². The lowest BCUT2D eigenvalue weighted by Gasteiger charge is -2.23. The zero-order valence-corrected chi connectivity index (χ0v) is 26.0. The zero-order chi connectivity index (χ0) is 30.5. The van der Waals surface area contributed by atoms with E-state index in [0.29, 0.717) is 18.8 Å². The molecule has 3 aromatic carbocycles. The van der Waals surface area contributed by atoms with Crippen molar-refractivity contribution in [1.29, 1.82) is 0 Å². The van der Waals surface area contributed by atoms with Gasteiger partial charge < -0.3 is 10.1 Å². The molecule has 1 heterocycles. The van der Waals surface area contributed by atoms with Crippen molar-refractivity contribution >= 4 is 21.7 Å². The predicted molar refractivity (Wildman–Crippen MR) is 167 cm³/mol. The normalized spacial score (nSPS) is 12.1. The smallest absolute Gasteiger partial charge is 0.243 e. The van der Waals surface area contributed by atoms with Crippen molar-refractivity contribution in [1.82, 2.24) is 14.1 Å². The van der Waals surface area contributed by atoms with Gasteiger partial charge in [-0.2, -0.15) is 9.40 Å². The first kappa shape index (κ1) is 31.2. The van der Waals surface area contributed by atoms with Gasteiger partial charge >= 0.3 is 0 Å². The quantitative estimate of drug-likeness (QED) is 0.213. The van der Waals surface area contributed by atoms with Crippen LogP contribution >= 0.6 is 0 Å². The molecule has 0 bridgehead atoms. The van der Waals surface area contributed by atoms with Crippen LogP contribution in [0, 0.1) is 13.8 Å². The average molecular weight is 589 g/mol. The molecule has 0 aliphatic carbocycles. The van der Waals surface area contributed by atoms with Crippen molar-refractivity contribution in [2.24, 2.45) is 0 Å². The van der Waals surface area contributed by atoms with Crippen molar-refractivity contribution < 1.29 is 17.9 Å². The molecule has 4 rings (SSSR count). The van der Waals surface area contributed by atoms with E-state index in [-0.39, 0.29) is 23.4 Å². The summed E-state index contributed by atoms with van der Waals surface area (Å²) < 4.78 is 35.7. The number of anilines is 1. The molecule has 1 aromatic heterocycles. The van der Waals surface area contributed by atoms with Gasteiger partial charge in [0, 0.05) is 25.8 Å². The number of aromatic nitrogens is 2. The van der Waals surface area contributed by atoms with Crippen LogP contribution in [0.15, 0.2) is 83.8 Å². The number of benzene rings is 3. The van der Waals surface area contributed by atoms with Crippen molar-refractivity contribution in [3.8, 4) is 16.8 Å². The van der Waals surface area contributed by atoms with Gasteiger partial charge in [-0.05, 0) is 60.6 Å². The predicted octanol–water partition coefficient (Wildman–Crippen LogP) is 6.12. The Morgan fingerprint density at radius 1 is 0.952 bits per heavy atom. The topological polar surface area (TPSA) is 93.5 Å². The molecule has 1 amide bonds. The van der Waals surface area contributed by atoms with Crippen molar-refractivity contribution in [2.75, 3.05) is 32.1 Å². The lowest BCUT2D eigenvalue weighted by molar-refractivity contribution is -0.116. The number of sulfonamides is 1.